The molecule has 0 radical (unpaired) electrons. The average Bonchev–Trinajstić information content (AvgIpc) is 2.49. The SMILES string of the molecule is CCCCCCCCCCC(Cc1ccccn1)=NO. The summed E-state index contributed by atoms with van der Waals surface area (Å²) in [5, 5.41) is 12.5. The second-order valence-electron chi connectivity index (χ2n) is 5.39. The first-order valence-electron chi connectivity index (χ1n) is 7.96. The molecule has 112 valence electrons. The Morgan fingerprint density at radius 2 is 1.75 bits per heavy atom. The van der Waals surface area contributed by atoms with Crippen molar-refractivity contribution in [2.75, 3.05) is 0 Å². The second-order valence-corrected chi connectivity index (χ2v) is 5.39. The molecule has 3 nitrogen and oxygen atoms in total. The molecule has 0 saturated carbocycles. The van der Waals surface area contributed by atoms with Crippen LogP contribution in [0.3, 0.4) is 0 Å². The van der Waals surface area contributed by atoms with Crippen molar-refractivity contribution in [3.63, 3.8) is 0 Å². The van der Waals surface area contributed by atoms with Crippen LogP contribution in [0.4, 0.5) is 0 Å². The third-order valence-corrected chi connectivity index (χ3v) is 3.57. The number of pyridine rings is 1. The Morgan fingerprint density at radius 1 is 1.05 bits per heavy atom. The van der Waals surface area contributed by atoms with Crippen LogP contribution < -0.4 is 0 Å². The Kier molecular flexibility index (Phi) is 9.54. The Bertz CT molecular complexity index is 363. The summed E-state index contributed by atoms with van der Waals surface area (Å²) < 4.78 is 0. The van der Waals surface area contributed by atoms with E-state index in [4.69, 9.17) is 5.21 Å². The third kappa shape index (κ3) is 7.93. The van der Waals surface area contributed by atoms with Gasteiger partial charge in [-0.15, -0.1) is 0 Å². The first kappa shape index (κ1) is 16.7. The zero-order chi connectivity index (χ0) is 14.5. The molecule has 0 aliphatic heterocycles. The molecule has 0 saturated heterocycles. The number of hydrogen-bond donors (Lipinski definition) is 1. The van der Waals surface area contributed by atoms with Crippen molar-refractivity contribution in [2.45, 2.75) is 71.1 Å². The lowest BCUT2D eigenvalue weighted by molar-refractivity contribution is 0.316. The minimum absolute atomic E-state index is 0.661. The fraction of sp³-hybridized carbons (Fsp3) is 0.647. The van der Waals surface area contributed by atoms with Crippen LogP contribution in [-0.2, 0) is 6.42 Å². The Labute approximate surface area is 123 Å². The molecule has 0 aliphatic rings. The van der Waals surface area contributed by atoms with E-state index in [9.17, 15) is 0 Å². The fourth-order valence-electron chi connectivity index (χ4n) is 2.35. The van der Waals surface area contributed by atoms with Crippen LogP contribution in [0.1, 0.15) is 70.4 Å². The summed E-state index contributed by atoms with van der Waals surface area (Å²) in [6.45, 7) is 2.25. The maximum Gasteiger partial charge on any atom is 0.0630 e. The lowest BCUT2D eigenvalue weighted by Gasteiger charge is -2.04. The summed E-state index contributed by atoms with van der Waals surface area (Å²) in [4.78, 5) is 4.26. The van der Waals surface area contributed by atoms with Crippen LogP contribution in [0, 0.1) is 0 Å². The predicted octanol–water partition coefficient (Wildman–Crippen LogP) is 4.99. The van der Waals surface area contributed by atoms with Crippen LogP contribution in [0.5, 0.6) is 0 Å². The smallest absolute Gasteiger partial charge is 0.0630 e. The normalized spacial score (nSPS) is 11.8. The van der Waals surface area contributed by atoms with Crippen molar-refractivity contribution < 1.29 is 5.21 Å². The number of unbranched alkanes of at least 4 members (excludes halogenated alkanes) is 7. The number of rotatable bonds is 11. The molecular weight excluding hydrogens is 248 g/mol. The van der Waals surface area contributed by atoms with E-state index in [-0.39, 0.29) is 0 Å². The van der Waals surface area contributed by atoms with Crippen LogP contribution in [-0.4, -0.2) is 15.9 Å². The van der Waals surface area contributed by atoms with Crippen LogP contribution in [0.2, 0.25) is 0 Å². The van der Waals surface area contributed by atoms with Gasteiger partial charge in [0.2, 0.25) is 0 Å². The van der Waals surface area contributed by atoms with Crippen molar-refractivity contribution in [2.24, 2.45) is 5.16 Å². The standard InChI is InChI=1S/C17H28N2O/c1-2-3-4-5-6-7-8-9-13-17(19-20)15-16-12-10-11-14-18-16/h10-12,14,20H,2-9,13,15H2,1H3. The molecule has 0 atom stereocenters. The quantitative estimate of drug-likeness (QED) is 0.268. The van der Waals surface area contributed by atoms with Crippen molar-refractivity contribution in [1.29, 1.82) is 0 Å². The number of oxime groups is 1. The third-order valence-electron chi connectivity index (χ3n) is 3.57. The molecule has 3 heteroatoms. The molecule has 0 spiro atoms. The van der Waals surface area contributed by atoms with Gasteiger partial charge in [-0.2, -0.15) is 0 Å². The van der Waals surface area contributed by atoms with Gasteiger partial charge < -0.3 is 5.21 Å². The molecule has 1 aromatic rings. The zero-order valence-electron chi connectivity index (χ0n) is 12.7. The van der Waals surface area contributed by atoms with Crippen molar-refractivity contribution >= 4 is 5.71 Å². The molecule has 0 amide bonds. The lowest BCUT2D eigenvalue weighted by atomic mass is 10.0. The molecular formula is C17H28N2O. The van der Waals surface area contributed by atoms with Crippen molar-refractivity contribution in [3.8, 4) is 0 Å². The van der Waals surface area contributed by atoms with E-state index in [2.05, 4.69) is 17.1 Å². The van der Waals surface area contributed by atoms with Crippen molar-refractivity contribution in [3.05, 3.63) is 30.1 Å². The van der Waals surface area contributed by atoms with E-state index < -0.39 is 0 Å². The van der Waals surface area contributed by atoms with Gasteiger partial charge >= 0.3 is 0 Å². The highest BCUT2D eigenvalue weighted by atomic mass is 16.4. The highest BCUT2D eigenvalue weighted by molar-refractivity contribution is 5.85. The Balaban J connectivity index is 2.07. The van der Waals surface area contributed by atoms with Gasteiger partial charge in [-0.1, -0.05) is 63.1 Å². The van der Waals surface area contributed by atoms with E-state index in [1.165, 1.54) is 44.9 Å². The van der Waals surface area contributed by atoms with E-state index in [1.807, 2.05) is 18.2 Å². The summed E-state index contributed by atoms with van der Waals surface area (Å²) in [6.07, 6.45) is 13.7. The molecule has 0 bridgehead atoms. The fourth-order valence-corrected chi connectivity index (χ4v) is 2.35. The van der Waals surface area contributed by atoms with Crippen molar-refractivity contribution in [1.82, 2.24) is 4.98 Å². The molecule has 20 heavy (non-hydrogen) atoms. The summed E-state index contributed by atoms with van der Waals surface area (Å²) >= 11 is 0. The predicted molar refractivity (Wildman–Crippen MR) is 84.4 cm³/mol. The number of nitrogens with zero attached hydrogens (tertiary/aromatic N) is 2. The van der Waals surface area contributed by atoms with Gasteiger partial charge in [-0.25, -0.2) is 0 Å². The van der Waals surface area contributed by atoms with Gasteiger partial charge in [0.15, 0.2) is 0 Å². The van der Waals surface area contributed by atoms with Gasteiger partial charge in [-0.05, 0) is 25.0 Å². The van der Waals surface area contributed by atoms with Gasteiger partial charge in [0, 0.05) is 18.3 Å². The van der Waals surface area contributed by atoms with Gasteiger partial charge in [0.05, 0.1) is 5.71 Å². The maximum atomic E-state index is 9.05. The summed E-state index contributed by atoms with van der Waals surface area (Å²) in [7, 11) is 0. The van der Waals surface area contributed by atoms with Crippen LogP contribution >= 0.6 is 0 Å². The van der Waals surface area contributed by atoms with Gasteiger partial charge in [0.25, 0.3) is 0 Å². The van der Waals surface area contributed by atoms with E-state index in [1.54, 1.807) is 6.20 Å². The molecule has 1 N–H and O–H groups in total. The lowest BCUT2D eigenvalue weighted by Crippen LogP contribution is -2.04. The molecule has 0 aliphatic carbocycles. The van der Waals surface area contributed by atoms with E-state index >= 15 is 0 Å². The summed E-state index contributed by atoms with van der Waals surface area (Å²) in [5.74, 6) is 0. The van der Waals surface area contributed by atoms with Crippen LogP contribution in [0.15, 0.2) is 29.6 Å². The first-order valence-corrected chi connectivity index (χ1v) is 7.96. The van der Waals surface area contributed by atoms with E-state index in [0.29, 0.717) is 6.42 Å². The number of hydrogen-bond acceptors (Lipinski definition) is 3. The van der Waals surface area contributed by atoms with Crippen LogP contribution in [0.25, 0.3) is 0 Å². The number of aromatic nitrogens is 1. The minimum atomic E-state index is 0.661. The summed E-state index contributed by atoms with van der Waals surface area (Å²) in [6, 6.07) is 5.84. The van der Waals surface area contributed by atoms with E-state index in [0.717, 1.165) is 24.2 Å². The maximum absolute atomic E-state index is 9.05. The summed E-state index contributed by atoms with van der Waals surface area (Å²) in [5.41, 5.74) is 1.81. The first-order chi connectivity index (χ1) is 9.86. The molecule has 1 heterocycles. The zero-order valence-corrected chi connectivity index (χ0v) is 12.7. The topological polar surface area (TPSA) is 45.5 Å². The minimum Gasteiger partial charge on any atom is -0.411 e. The van der Waals surface area contributed by atoms with Gasteiger partial charge in [0.1, 0.15) is 0 Å². The monoisotopic (exact) mass is 276 g/mol. The van der Waals surface area contributed by atoms with Gasteiger partial charge in [-0.3, -0.25) is 4.98 Å². The largest absolute Gasteiger partial charge is 0.411 e. The Morgan fingerprint density at radius 3 is 2.35 bits per heavy atom. The molecule has 1 aromatic heterocycles. The Hall–Kier alpha value is -1.38. The highest BCUT2D eigenvalue weighted by Gasteiger charge is 2.03. The average molecular weight is 276 g/mol. The molecule has 0 aromatic carbocycles. The molecule has 0 fully saturated rings. The molecule has 1 rings (SSSR count). The molecule has 0 unspecified atom stereocenters. The highest BCUT2D eigenvalue weighted by Crippen LogP contribution is 2.11. The second kappa shape index (κ2) is 11.4.